The fraction of sp³-hybridized carbons (Fsp3) is 0.571. The molecule has 1 unspecified atom stereocenters. The van der Waals surface area contributed by atoms with Crippen LogP contribution in [0.1, 0.15) is 45.4 Å². The van der Waals surface area contributed by atoms with Crippen LogP contribution >= 0.6 is 0 Å². The van der Waals surface area contributed by atoms with Crippen LogP contribution in [0.5, 0.6) is 0 Å². The van der Waals surface area contributed by atoms with E-state index in [2.05, 4.69) is 31.9 Å². The zero-order valence-electron chi connectivity index (χ0n) is 15.6. The summed E-state index contributed by atoms with van der Waals surface area (Å²) in [5.41, 5.74) is 1.01. The van der Waals surface area contributed by atoms with Crippen molar-refractivity contribution in [2.75, 3.05) is 24.5 Å². The van der Waals surface area contributed by atoms with Gasteiger partial charge in [-0.1, -0.05) is 25.0 Å². The Morgan fingerprint density at radius 1 is 1.00 bits per heavy atom. The Bertz CT molecular complexity index is 764. The van der Waals surface area contributed by atoms with Crippen LogP contribution in [0.3, 0.4) is 0 Å². The standard InChI is InChI=1S/C21H28N4O/c1-16(26)25-12-6-2-3-9-20(25)17-10-13-24(14-11-17)21-18-7-4-5-8-19(18)22-15-23-21/h4-5,7-8,15,17,20H,2-3,6,9-14H2,1H3. The van der Waals surface area contributed by atoms with Gasteiger partial charge in [0.05, 0.1) is 5.52 Å². The molecule has 26 heavy (non-hydrogen) atoms. The molecule has 5 heteroatoms. The van der Waals surface area contributed by atoms with E-state index in [1.807, 2.05) is 12.1 Å². The smallest absolute Gasteiger partial charge is 0.219 e. The van der Waals surface area contributed by atoms with Crippen LogP contribution in [-0.4, -0.2) is 46.5 Å². The van der Waals surface area contributed by atoms with E-state index >= 15 is 0 Å². The largest absolute Gasteiger partial charge is 0.356 e. The van der Waals surface area contributed by atoms with Crippen LogP contribution in [0.4, 0.5) is 5.82 Å². The summed E-state index contributed by atoms with van der Waals surface area (Å²) < 4.78 is 0. The van der Waals surface area contributed by atoms with E-state index in [0.717, 1.165) is 55.6 Å². The minimum absolute atomic E-state index is 0.251. The number of carbonyl (C=O) groups is 1. The lowest BCUT2D eigenvalue weighted by atomic mass is 9.86. The van der Waals surface area contributed by atoms with Gasteiger partial charge in [-0.25, -0.2) is 9.97 Å². The summed E-state index contributed by atoms with van der Waals surface area (Å²) in [4.78, 5) is 25.7. The molecule has 138 valence electrons. The fourth-order valence-electron chi connectivity index (χ4n) is 4.75. The van der Waals surface area contributed by atoms with Crippen molar-refractivity contribution in [3.63, 3.8) is 0 Å². The monoisotopic (exact) mass is 352 g/mol. The van der Waals surface area contributed by atoms with Gasteiger partial charge in [0.25, 0.3) is 0 Å². The Kier molecular flexibility index (Phi) is 5.05. The number of carbonyl (C=O) groups excluding carboxylic acids is 1. The number of para-hydroxylation sites is 1. The van der Waals surface area contributed by atoms with Crippen molar-refractivity contribution in [1.29, 1.82) is 0 Å². The van der Waals surface area contributed by atoms with Crippen LogP contribution in [-0.2, 0) is 4.79 Å². The maximum Gasteiger partial charge on any atom is 0.219 e. The van der Waals surface area contributed by atoms with Crippen LogP contribution in [0.15, 0.2) is 30.6 Å². The third-order valence-electron chi connectivity index (χ3n) is 6.11. The summed E-state index contributed by atoms with van der Waals surface area (Å²) in [7, 11) is 0. The maximum atomic E-state index is 12.1. The molecular weight excluding hydrogens is 324 g/mol. The number of rotatable bonds is 2. The van der Waals surface area contributed by atoms with Crippen molar-refractivity contribution in [3.05, 3.63) is 30.6 Å². The molecule has 1 atom stereocenters. The van der Waals surface area contributed by atoms with Crippen molar-refractivity contribution in [3.8, 4) is 0 Å². The molecule has 1 aromatic heterocycles. The molecule has 0 N–H and O–H groups in total. The molecular formula is C21H28N4O. The molecule has 5 nitrogen and oxygen atoms in total. The highest BCUT2D eigenvalue weighted by Gasteiger charge is 2.33. The summed E-state index contributed by atoms with van der Waals surface area (Å²) in [6.45, 7) is 4.69. The predicted octanol–water partition coefficient (Wildman–Crippen LogP) is 3.64. The molecule has 4 rings (SSSR count). The van der Waals surface area contributed by atoms with Crippen molar-refractivity contribution < 1.29 is 4.79 Å². The molecule has 0 aliphatic carbocycles. The van der Waals surface area contributed by atoms with E-state index in [0.29, 0.717) is 12.0 Å². The van der Waals surface area contributed by atoms with Crippen molar-refractivity contribution >= 4 is 22.6 Å². The molecule has 1 amide bonds. The molecule has 0 spiro atoms. The Hall–Kier alpha value is -2.17. The lowest BCUT2D eigenvalue weighted by molar-refractivity contribution is -0.132. The van der Waals surface area contributed by atoms with Gasteiger partial charge in [0.1, 0.15) is 12.1 Å². The molecule has 0 bridgehead atoms. The number of hydrogen-bond donors (Lipinski definition) is 0. The number of benzene rings is 1. The van der Waals surface area contributed by atoms with Crippen LogP contribution in [0.2, 0.25) is 0 Å². The second-order valence-corrected chi connectivity index (χ2v) is 7.67. The minimum Gasteiger partial charge on any atom is -0.356 e. The van der Waals surface area contributed by atoms with Gasteiger partial charge in [0.2, 0.25) is 5.91 Å². The van der Waals surface area contributed by atoms with Gasteiger partial charge in [-0.05, 0) is 43.7 Å². The SMILES string of the molecule is CC(=O)N1CCCCCC1C1CCN(c2ncnc3ccccc23)CC1. The highest BCUT2D eigenvalue weighted by Crippen LogP contribution is 2.33. The average molecular weight is 352 g/mol. The van der Waals surface area contributed by atoms with Gasteiger partial charge in [-0.15, -0.1) is 0 Å². The Balaban J connectivity index is 1.49. The maximum absolute atomic E-state index is 12.1. The Labute approximate surface area is 155 Å². The zero-order chi connectivity index (χ0) is 17.9. The average Bonchev–Trinajstić information content (AvgIpc) is 2.94. The second kappa shape index (κ2) is 7.60. The van der Waals surface area contributed by atoms with E-state index in [-0.39, 0.29) is 5.91 Å². The van der Waals surface area contributed by atoms with E-state index < -0.39 is 0 Å². The van der Waals surface area contributed by atoms with Gasteiger partial charge in [-0.3, -0.25) is 4.79 Å². The number of piperidine rings is 1. The molecule has 2 aliphatic heterocycles. The fourth-order valence-corrected chi connectivity index (χ4v) is 4.75. The second-order valence-electron chi connectivity index (χ2n) is 7.67. The number of fused-ring (bicyclic) bond motifs is 1. The molecule has 2 saturated heterocycles. The first kappa shape index (κ1) is 17.3. The highest BCUT2D eigenvalue weighted by molar-refractivity contribution is 5.89. The van der Waals surface area contributed by atoms with Gasteiger partial charge >= 0.3 is 0 Å². The molecule has 0 saturated carbocycles. The number of amides is 1. The van der Waals surface area contributed by atoms with Crippen molar-refractivity contribution in [2.24, 2.45) is 5.92 Å². The highest BCUT2D eigenvalue weighted by atomic mass is 16.2. The number of nitrogens with zero attached hydrogens (tertiary/aromatic N) is 4. The minimum atomic E-state index is 0.251. The van der Waals surface area contributed by atoms with Crippen molar-refractivity contribution in [2.45, 2.75) is 51.5 Å². The van der Waals surface area contributed by atoms with Gasteiger partial charge in [-0.2, -0.15) is 0 Å². The first-order valence-corrected chi connectivity index (χ1v) is 9.96. The molecule has 2 aromatic rings. The normalized spacial score (nSPS) is 22.4. The number of aromatic nitrogens is 2. The third-order valence-corrected chi connectivity index (χ3v) is 6.11. The summed E-state index contributed by atoms with van der Waals surface area (Å²) in [6.07, 6.45) is 8.77. The topological polar surface area (TPSA) is 49.3 Å². The van der Waals surface area contributed by atoms with E-state index in [4.69, 9.17) is 0 Å². The summed E-state index contributed by atoms with van der Waals surface area (Å²) in [6, 6.07) is 8.66. The quantitative estimate of drug-likeness (QED) is 0.828. The number of likely N-dealkylation sites (tertiary alicyclic amines) is 1. The third kappa shape index (κ3) is 3.39. The first-order chi connectivity index (χ1) is 12.7. The summed E-state index contributed by atoms with van der Waals surface area (Å²) >= 11 is 0. The Morgan fingerprint density at radius 3 is 2.62 bits per heavy atom. The summed E-state index contributed by atoms with van der Waals surface area (Å²) in [5.74, 6) is 1.92. The van der Waals surface area contributed by atoms with E-state index in [1.54, 1.807) is 13.3 Å². The number of hydrogen-bond acceptors (Lipinski definition) is 4. The van der Waals surface area contributed by atoms with E-state index in [1.165, 1.54) is 19.3 Å². The number of anilines is 1. The molecule has 0 radical (unpaired) electrons. The van der Waals surface area contributed by atoms with E-state index in [9.17, 15) is 4.79 Å². The van der Waals surface area contributed by atoms with Gasteiger partial charge in [0.15, 0.2) is 0 Å². The molecule has 2 fully saturated rings. The van der Waals surface area contributed by atoms with Crippen LogP contribution in [0, 0.1) is 5.92 Å². The lowest BCUT2D eigenvalue weighted by Gasteiger charge is -2.41. The lowest BCUT2D eigenvalue weighted by Crippen LogP contribution is -2.47. The van der Waals surface area contributed by atoms with Crippen LogP contribution in [0.25, 0.3) is 10.9 Å². The van der Waals surface area contributed by atoms with Crippen LogP contribution < -0.4 is 4.90 Å². The Morgan fingerprint density at radius 2 is 1.81 bits per heavy atom. The molecule has 2 aliphatic rings. The zero-order valence-corrected chi connectivity index (χ0v) is 15.6. The molecule has 3 heterocycles. The summed E-state index contributed by atoms with van der Waals surface area (Å²) in [5, 5.41) is 1.13. The van der Waals surface area contributed by atoms with Gasteiger partial charge in [0, 0.05) is 38.0 Å². The first-order valence-electron chi connectivity index (χ1n) is 9.96. The van der Waals surface area contributed by atoms with Crippen molar-refractivity contribution in [1.82, 2.24) is 14.9 Å². The predicted molar refractivity (Wildman–Crippen MR) is 104 cm³/mol. The van der Waals surface area contributed by atoms with Gasteiger partial charge < -0.3 is 9.80 Å². The molecule has 1 aromatic carbocycles.